The number of aryl methyl sites for hydroxylation is 1. The Morgan fingerprint density at radius 2 is 1.78 bits per heavy atom. The molecule has 0 saturated heterocycles. The number of ether oxygens (including phenoxy) is 2. The van der Waals surface area contributed by atoms with Gasteiger partial charge < -0.3 is 14.8 Å². The minimum atomic E-state index is -0.510. The number of esters is 2. The highest BCUT2D eigenvalue weighted by Gasteiger charge is 2.23. The molecule has 6 nitrogen and oxygen atoms in total. The number of hydrogen-bond acceptors (Lipinski definition) is 6. The third-order valence-corrected chi connectivity index (χ3v) is 4.60. The van der Waals surface area contributed by atoms with Gasteiger partial charge in [-0.05, 0) is 19.4 Å². The molecule has 1 heterocycles. The van der Waals surface area contributed by atoms with Crippen molar-refractivity contribution in [3.05, 3.63) is 40.8 Å². The number of benzene rings is 1. The largest absolute Gasteiger partial charge is 0.462 e. The van der Waals surface area contributed by atoms with Crippen LogP contribution in [0, 0.1) is 12.8 Å². The number of amides is 1. The molecule has 1 aromatic carbocycles. The maximum Gasteiger partial charge on any atom is 0.341 e. The maximum atomic E-state index is 12.5. The Bertz CT molecular complexity index is 823. The second-order valence-corrected chi connectivity index (χ2v) is 7.13. The molecular weight excluding hydrogens is 366 g/mol. The lowest BCUT2D eigenvalue weighted by Crippen LogP contribution is -2.23. The van der Waals surface area contributed by atoms with Crippen molar-refractivity contribution in [1.82, 2.24) is 0 Å². The van der Waals surface area contributed by atoms with Gasteiger partial charge in [0.15, 0.2) is 6.61 Å². The molecule has 1 aromatic heterocycles. The standard InChI is InChI=1S/C20H23NO5S/c1-5-25-20(24)17-15(14-8-6-13(4)7-9-14)11-27-18(17)21-16(22)10-26-19(23)12(2)3/h6-9,11-12H,5,10H2,1-4H3,(H,21,22). The Morgan fingerprint density at radius 3 is 2.37 bits per heavy atom. The Hall–Kier alpha value is -2.67. The normalized spacial score (nSPS) is 10.6. The van der Waals surface area contributed by atoms with Gasteiger partial charge >= 0.3 is 11.9 Å². The van der Waals surface area contributed by atoms with E-state index in [9.17, 15) is 14.4 Å². The lowest BCUT2D eigenvalue weighted by molar-refractivity contribution is -0.150. The van der Waals surface area contributed by atoms with Crippen LogP contribution in [0.3, 0.4) is 0 Å². The monoisotopic (exact) mass is 389 g/mol. The van der Waals surface area contributed by atoms with Crippen molar-refractivity contribution >= 4 is 34.2 Å². The molecule has 0 radical (unpaired) electrons. The summed E-state index contributed by atoms with van der Waals surface area (Å²) in [5.41, 5.74) is 2.95. The van der Waals surface area contributed by atoms with E-state index in [1.165, 1.54) is 11.3 Å². The summed E-state index contributed by atoms with van der Waals surface area (Å²) < 4.78 is 10.1. The zero-order valence-corrected chi connectivity index (χ0v) is 16.6. The predicted molar refractivity (Wildman–Crippen MR) is 105 cm³/mol. The van der Waals surface area contributed by atoms with Crippen LogP contribution in [0.5, 0.6) is 0 Å². The number of thiophene rings is 1. The zero-order chi connectivity index (χ0) is 20.0. The van der Waals surface area contributed by atoms with E-state index in [2.05, 4.69) is 5.32 Å². The Balaban J connectivity index is 2.25. The van der Waals surface area contributed by atoms with Crippen LogP contribution in [0.4, 0.5) is 5.00 Å². The third-order valence-electron chi connectivity index (χ3n) is 3.70. The average molecular weight is 389 g/mol. The summed E-state index contributed by atoms with van der Waals surface area (Å²) in [5.74, 6) is -1.79. The minimum absolute atomic E-state index is 0.224. The van der Waals surface area contributed by atoms with Crippen LogP contribution in [0.25, 0.3) is 11.1 Å². The van der Waals surface area contributed by atoms with Crippen LogP contribution in [0.2, 0.25) is 0 Å². The third kappa shape index (κ3) is 5.40. The first-order valence-corrected chi connectivity index (χ1v) is 9.53. The van der Waals surface area contributed by atoms with E-state index in [0.29, 0.717) is 16.1 Å². The first-order chi connectivity index (χ1) is 12.8. The summed E-state index contributed by atoms with van der Waals surface area (Å²) in [5, 5.41) is 4.82. The van der Waals surface area contributed by atoms with E-state index in [1.54, 1.807) is 26.2 Å². The number of carbonyl (C=O) groups is 3. The molecule has 0 unspecified atom stereocenters. The molecule has 1 amide bonds. The molecule has 0 aliphatic carbocycles. The van der Waals surface area contributed by atoms with Crippen LogP contribution in [-0.4, -0.2) is 31.1 Å². The summed E-state index contributed by atoms with van der Waals surface area (Å²) in [6, 6.07) is 7.73. The minimum Gasteiger partial charge on any atom is -0.462 e. The van der Waals surface area contributed by atoms with Crippen LogP contribution in [0.15, 0.2) is 29.6 Å². The van der Waals surface area contributed by atoms with Gasteiger partial charge in [0.1, 0.15) is 10.6 Å². The van der Waals surface area contributed by atoms with Crippen LogP contribution >= 0.6 is 11.3 Å². The van der Waals surface area contributed by atoms with Gasteiger partial charge in [-0.15, -0.1) is 11.3 Å². The van der Waals surface area contributed by atoms with E-state index < -0.39 is 24.5 Å². The molecule has 0 bridgehead atoms. The van der Waals surface area contributed by atoms with Gasteiger partial charge in [0.25, 0.3) is 5.91 Å². The Labute approximate surface area is 162 Å². The Kier molecular flexibility index (Phi) is 7.12. The van der Waals surface area contributed by atoms with Gasteiger partial charge in [0.05, 0.1) is 12.5 Å². The van der Waals surface area contributed by atoms with E-state index in [4.69, 9.17) is 9.47 Å². The molecule has 2 aromatic rings. The molecule has 27 heavy (non-hydrogen) atoms. The van der Waals surface area contributed by atoms with Gasteiger partial charge in [-0.1, -0.05) is 43.7 Å². The van der Waals surface area contributed by atoms with Crippen molar-refractivity contribution in [3.8, 4) is 11.1 Å². The lowest BCUT2D eigenvalue weighted by Gasteiger charge is -2.10. The smallest absolute Gasteiger partial charge is 0.341 e. The highest BCUT2D eigenvalue weighted by atomic mass is 32.1. The van der Waals surface area contributed by atoms with Crippen molar-refractivity contribution in [2.45, 2.75) is 27.7 Å². The van der Waals surface area contributed by atoms with Gasteiger partial charge in [0, 0.05) is 10.9 Å². The molecule has 0 aliphatic heterocycles. The molecule has 0 saturated carbocycles. The van der Waals surface area contributed by atoms with Gasteiger partial charge in [-0.25, -0.2) is 4.79 Å². The highest BCUT2D eigenvalue weighted by Crippen LogP contribution is 2.36. The summed E-state index contributed by atoms with van der Waals surface area (Å²) in [4.78, 5) is 36.1. The summed E-state index contributed by atoms with van der Waals surface area (Å²) >= 11 is 1.23. The fraction of sp³-hybridized carbons (Fsp3) is 0.350. The van der Waals surface area contributed by atoms with E-state index in [-0.39, 0.29) is 12.5 Å². The summed E-state index contributed by atoms with van der Waals surface area (Å²) in [6.07, 6.45) is 0. The maximum absolute atomic E-state index is 12.5. The highest BCUT2D eigenvalue weighted by molar-refractivity contribution is 7.15. The van der Waals surface area contributed by atoms with Gasteiger partial charge in [-0.2, -0.15) is 0 Å². The average Bonchev–Trinajstić information content (AvgIpc) is 3.03. The van der Waals surface area contributed by atoms with Crippen LogP contribution in [-0.2, 0) is 19.1 Å². The zero-order valence-electron chi connectivity index (χ0n) is 15.8. The van der Waals surface area contributed by atoms with Crippen molar-refractivity contribution in [2.24, 2.45) is 5.92 Å². The Morgan fingerprint density at radius 1 is 1.11 bits per heavy atom. The van der Waals surface area contributed by atoms with Crippen molar-refractivity contribution in [2.75, 3.05) is 18.5 Å². The fourth-order valence-electron chi connectivity index (χ4n) is 2.27. The molecule has 0 atom stereocenters. The molecule has 7 heteroatoms. The first-order valence-electron chi connectivity index (χ1n) is 8.65. The quantitative estimate of drug-likeness (QED) is 0.723. The fourth-order valence-corrected chi connectivity index (χ4v) is 3.24. The second kappa shape index (κ2) is 9.32. The predicted octanol–water partition coefficient (Wildman–Crippen LogP) is 4.04. The first kappa shape index (κ1) is 20.6. The van der Waals surface area contributed by atoms with Crippen LogP contribution < -0.4 is 5.32 Å². The topological polar surface area (TPSA) is 81.7 Å². The summed E-state index contributed by atoms with van der Waals surface area (Å²) in [7, 11) is 0. The van der Waals surface area contributed by atoms with Crippen LogP contribution in [0.1, 0.15) is 36.7 Å². The second-order valence-electron chi connectivity index (χ2n) is 6.25. The number of hydrogen-bond donors (Lipinski definition) is 1. The molecule has 2 rings (SSSR count). The van der Waals surface area contributed by atoms with Crippen molar-refractivity contribution in [3.63, 3.8) is 0 Å². The SMILES string of the molecule is CCOC(=O)c1c(-c2ccc(C)cc2)csc1NC(=O)COC(=O)C(C)C. The van der Waals surface area contributed by atoms with Gasteiger partial charge in [0.2, 0.25) is 0 Å². The molecular formula is C20H23NO5S. The van der Waals surface area contributed by atoms with Crippen molar-refractivity contribution in [1.29, 1.82) is 0 Å². The summed E-state index contributed by atoms with van der Waals surface area (Å²) in [6.45, 7) is 6.89. The number of carbonyl (C=O) groups excluding carboxylic acids is 3. The van der Waals surface area contributed by atoms with Gasteiger partial charge in [-0.3, -0.25) is 9.59 Å². The van der Waals surface area contributed by atoms with E-state index in [1.807, 2.05) is 31.2 Å². The molecule has 1 N–H and O–H groups in total. The molecule has 0 aliphatic rings. The number of anilines is 1. The number of nitrogens with one attached hydrogen (secondary N) is 1. The van der Waals surface area contributed by atoms with E-state index in [0.717, 1.165) is 11.1 Å². The van der Waals surface area contributed by atoms with Crippen molar-refractivity contribution < 1.29 is 23.9 Å². The lowest BCUT2D eigenvalue weighted by atomic mass is 10.0. The molecule has 144 valence electrons. The van der Waals surface area contributed by atoms with E-state index >= 15 is 0 Å². The number of rotatable bonds is 7. The molecule has 0 fully saturated rings. The molecule has 0 spiro atoms.